The Hall–Kier alpha value is -1.70. The van der Waals surface area contributed by atoms with Gasteiger partial charge in [0.25, 0.3) is 0 Å². The van der Waals surface area contributed by atoms with Gasteiger partial charge in [0, 0.05) is 0 Å². The summed E-state index contributed by atoms with van der Waals surface area (Å²) in [6.07, 6.45) is 4.41. The molecule has 0 aliphatic heterocycles. The molecule has 0 amide bonds. The monoisotopic (exact) mass is 286 g/mol. The summed E-state index contributed by atoms with van der Waals surface area (Å²) < 4.78 is 11.9. The van der Waals surface area contributed by atoms with Crippen LogP contribution in [0.15, 0.2) is 30.3 Å². The summed E-state index contributed by atoms with van der Waals surface area (Å²) in [5.41, 5.74) is 1.27. The molecule has 21 heavy (non-hydrogen) atoms. The topological polar surface area (TPSA) is 18.5 Å². The molecular formula is C19H26O2. The molecule has 2 nitrogen and oxygen atoms in total. The van der Waals surface area contributed by atoms with Gasteiger partial charge in [-0.1, -0.05) is 44.9 Å². The van der Waals surface area contributed by atoms with Gasteiger partial charge in [-0.25, -0.2) is 0 Å². The second-order valence-corrected chi connectivity index (χ2v) is 5.50. The van der Waals surface area contributed by atoms with E-state index in [1.165, 1.54) is 16.3 Å². The summed E-state index contributed by atoms with van der Waals surface area (Å²) in [6.45, 7) is 7.98. The second-order valence-electron chi connectivity index (χ2n) is 5.50. The summed E-state index contributed by atoms with van der Waals surface area (Å²) in [6, 6.07) is 10.6. The molecule has 2 heteroatoms. The third-order valence-electron chi connectivity index (χ3n) is 3.67. The summed E-state index contributed by atoms with van der Waals surface area (Å²) in [4.78, 5) is 0. The molecule has 0 spiro atoms. The maximum absolute atomic E-state index is 5.95. The average molecular weight is 286 g/mol. The normalized spacial score (nSPS) is 10.8. The van der Waals surface area contributed by atoms with Crippen molar-refractivity contribution in [3.63, 3.8) is 0 Å². The van der Waals surface area contributed by atoms with Gasteiger partial charge in [-0.05, 0) is 48.2 Å². The van der Waals surface area contributed by atoms with E-state index in [1.54, 1.807) is 0 Å². The molecular weight excluding hydrogens is 260 g/mol. The van der Waals surface area contributed by atoms with Crippen LogP contribution in [-0.2, 0) is 0 Å². The van der Waals surface area contributed by atoms with Gasteiger partial charge < -0.3 is 9.47 Å². The van der Waals surface area contributed by atoms with E-state index in [-0.39, 0.29) is 0 Å². The Labute approximate surface area is 128 Å². The van der Waals surface area contributed by atoms with Gasteiger partial charge in [-0.2, -0.15) is 0 Å². The number of fused-ring (bicyclic) bond motifs is 1. The Morgan fingerprint density at radius 1 is 0.857 bits per heavy atom. The minimum Gasteiger partial charge on any atom is -0.490 e. The van der Waals surface area contributed by atoms with Crippen molar-refractivity contribution in [2.24, 2.45) is 0 Å². The zero-order valence-electron chi connectivity index (χ0n) is 13.4. The lowest BCUT2D eigenvalue weighted by molar-refractivity contribution is 0.262. The van der Waals surface area contributed by atoms with E-state index in [0.29, 0.717) is 0 Å². The highest BCUT2D eigenvalue weighted by Crippen LogP contribution is 2.34. The van der Waals surface area contributed by atoms with Crippen LogP contribution in [0.5, 0.6) is 11.5 Å². The first-order chi connectivity index (χ1) is 10.3. The van der Waals surface area contributed by atoms with E-state index < -0.39 is 0 Å². The summed E-state index contributed by atoms with van der Waals surface area (Å²) in [5.74, 6) is 1.75. The van der Waals surface area contributed by atoms with Crippen molar-refractivity contribution in [2.75, 3.05) is 13.2 Å². The van der Waals surface area contributed by atoms with E-state index in [1.807, 2.05) is 0 Å². The largest absolute Gasteiger partial charge is 0.490 e. The maximum atomic E-state index is 5.95. The van der Waals surface area contributed by atoms with Crippen LogP contribution in [0.4, 0.5) is 0 Å². The molecule has 2 rings (SSSR count). The molecule has 0 bridgehead atoms. The van der Waals surface area contributed by atoms with Crippen molar-refractivity contribution >= 4 is 10.8 Å². The number of unbranched alkanes of at least 4 members (excludes halogenated alkanes) is 2. The molecule has 0 atom stereocenters. The first-order valence-corrected chi connectivity index (χ1v) is 8.05. The second kappa shape index (κ2) is 7.92. The van der Waals surface area contributed by atoms with E-state index in [0.717, 1.165) is 50.4 Å². The quantitative estimate of drug-likeness (QED) is 0.596. The predicted molar refractivity (Wildman–Crippen MR) is 89.5 cm³/mol. The number of hydrogen-bond donors (Lipinski definition) is 0. The molecule has 114 valence electrons. The van der Waals surface area contributed by atoms with Crippen LogP contribution in [0.1, 0.15) is 45.1 Å². The van der Waals surface area contributed by atoms with E-state index in [2.05, 4.69) is 51.1 Å². The molecule has 0 fully saturated rings. The number of hydrogen-bond acceptors (Lipinski definition) is 2. The Morgan fingerprint density at radius 2 is 1.48 bits per heavy atom. The molecule has 0 saturated carbocycles. The van der Waals surface area contributed by atoms with Gasteiger partial charge in [0.2, 0.25) is 0 Å². The molecule has 0 saturated heterocycles. The smallest absolute Gasteiger partial charge is 0.161 e. The molecule has 0 aliphatic carbocycles. The van der Waals surface area contributed by atoms with Crippen LogP contribution < -0.4 is 9.47 Å². The van der Waals surface area contributed by atoms with Gasteiger partial charge >= 0.3 is 0 Å². The minimum atomic E-state index is 0.748. The summed E-state index contributed by atoms with van der Waals surface area (Å²) in [5, 5.41) is 2.45. The molecule has 2 aromatic carbocycles. The van der Waals surface area contributed by atoms with Crippen molar-refractivity contribution < 1.29 is 9.47 Å². The number of rotatable bonds is 8. The van der Waals surface area contributed by atoms with E-state index in [4.69, 9.17) is 9.47 Å². The van der Waals surface area contributed by atoms with Crippen LogP contribution in [-0.4, -0.2) is 13.2 Å². The lowest BCUT2D eigenvalue weighted by atomic mass is 10.0. The fraction of sp³-hybridized carbons (Fsp3) is 0.474. The molecule has 0 aromatic heterocycles. The lowest BCUT2D eigenvalue weighted by Crippen LogP contribution is -2.02. The Balaban J connectivity index is 2.29. The third-order valence-corrected chi connectivity index (χ3v) is 3.67. The zero-order chi connectivity index (χ0) is 15.1. The fourth-order valence-corrected chi connectivity index (χ4v) is 2.32. The van der Waals surface area contributed by atoms with E-state index in [9.17, 15) is 0 Å². The zero-order valence-corrected chi connectivity index (χ0v) is 13.4. The average Bonchev–Trinajstić information content (AvgIpc) is 2.49. The fourth-order valence-electron chi connectivity index (χ4n) is 2.32. The highest BCUT2D eigenvalue weighted by molar-refractivity contribution is 5.88. The van der Waals surface area contributed by atoms with Crippen LogP contribution >= 0.6 is 0 Å². The van der Waals surface area contributed by atoms with E-state index >= 15 is 0 Å². The van der Waals surface area contributed by atoms with Crippen LogP contribution in [0.25, 0.3) is 10.8 Å². The van der Waals surface area contributed by atoms with Crippen LogP contribution in [0, 0.1) is 6.92 Å². The molecule has 0 aliphatic rings. The third kappa shape index (κ3) is 4.13. The van der Waals surface area contributed by atoms with Gasteiger partial charge in [-0.3, -0.25) is 0 Å². The van der Waals surface area contributed by atoms with Crippen molar-refractivity contribution in [1.82, 2.24) is 0 Å². The van der Waals surface area contributed by atoms with Crippen molar-refractivity contribution in [1.29, 1.82) is 0 Å². The first kappa shape index (κ1) is 15.7. The van der Waals surface area contributed by atoms with Crippen molar-refractivity contribution in [3.8, 4) is 11.5 Å². The Kier molecular flexibility index (Phi) is 5.91. The molecule has 0 unspecified atom stereocenters. The van der Waals surface area contributed by atoms with Crippen LogP contribution in [0.2, 0.25) is 0 Å². The Morgan fingerprint density at radius 3 is 2.10 bits per heavy atom. The first-order valence-electron chi connectivity index (χ1n) is 8.05. The van der Waals surface area contributed by atoms with Crippen molar-refractivity contribution in [3.05, 3.63) is 35.9 Å². The Bertz CT molecular complexity index is 575. The summed E-state index contributed by atoms with van der Waals surface area (Å²) in [7, 11) is 0. The highest BCUT2D eigenvalue weighted by atomic mass is 16.5. The standard InChI is InChI=1S/C19H26O2/c1-4-6-11-20-18-13-16-10-8-9-15(3)17(16)14-19(18)21-12-7-5-2/h8-10,13-14H,4-7,11-12H2,1-3H3. The number of ether oxygens (including phenoxy) is 2. The number of benzene rings is 2. The number of aryl methyl sites for hydroxylation is 1. The lowest BCUT2D eigenvalue weighted by Gasteiger charge is -2.14. The molecule has 2 aromatic rings. The molecule has 0 N–H and O–H groups in total. The van der Waals surface area contributed by atoms with Crippen molar-refractivity contribution in [2.45, 2.75) is 46.5 Å². The minimum absolute atomic E-state index is 0.748. The SMILES string of the molecule is CCCCOc1cc2cccc(C)c2cc1OCCCC. The predicted octanol–water partition coefficient (Wildman–Crippen LogP) is 5.51. The molecule has 0 heterocycles. The van der Waals surface area contributed by atoms with Gasteiger partial charge in [0.05, 0.1) is 13.2 Å². The van der Waals surface area contributed by atoms with Gasteiger partial charge in [-0.15, -0.1) is 0 Å². The molecule has 0 radical (unpaired) electrons. The highest BCUT2D eigenvalue weighted by Gasteiger charge is 2.09. The van der Waals surface area contributed by atoms with Gasteiger partial charge in [0.1, 0.15) is 0 Å². The maximum Gasteiger partial charge on any atom is 0.161 e. The van der Waals surface area contributed by atoms with Crippen LogP contribution in [0.3, 0.4) is 0 Å². The van der Waals surface area contributed by atoms with Gasteiger partial charge in [0.15, 0.2) is 11.5 Å². The summed E-state index contributed by atoms with van der Waals surface area (Å²) >= 11 is 0.